The molecule has 27 heavy (non-hydrogen) atoms. The summed E-state index contributed by atoms with van der Waals surface area (Å²) in [4.78, 5) is 13.7. The molecule has 2 N–H and O–H groups in total. The zero-order chi connectivity index (χ0) is 18.6. The number of nitrogens with one attached hydrogen (secondary N) is 2. The minimum Gasteiger partial charge on any atom is -0.340 e. The van der Waals surface area contributed by atoms with E-state index in [0.717, 1.165) is 41.7 Å². The van der Waals surface area contributed by atoms with E-state index in [0.29, 0.717) is 6.04 Å². The van der Waals surface area contributed by atoms with Gasteiger partial charge in [-0.1, -0.05) is 43.2 Å². The number of hydrogen-bond acceptors (Lipinski definition) is 4. The maximum absolute atomic E-state index is 4.75. The number of imidazole rings is 1. The number of aromatic nitrogens is 2. The van der Waals surface area contributed by atoms with Crippen molar-refractivity contribution in [2.24, 2.45) is 0 Å². The highest BCUT2D eigenvalue weighted by Crippen LogP contribution is 2.31. The fourth-order valence-electron chi connectivity index (χ4n) is 4.61. The van der Waals surface area contributed by atoms with E-state index < -0.39 is 0 Å². The second kappa shape index (κ2) is 8.86. The highest BCUT2D eigenvalue weighted by atomic mass is 79.9. The molecule has 2 aromatic rings. The predicted octanol–water partition coefficient (Wildman–Crippen LogP) is 3.66. The summed E-state index contributed by atoms with van der Waals surface area (Å²) in [7, 11) is 2.03. The Morgan fingerprint density at radius 1 is 1.15 bits per heavy atom. The standard InChI is InChI=1S/C21H30BrN5/c1-23-15-18(27-13-11-26(12-14-27)17-9-5-6-10-17)19-20(22)25-21(24-19)16-7-3-2-4-8-16/h2-4,7-8,17-18,23H,5-6,9-15H2,1H3,(H,24,25). The van der Waals surface area contributed by atoms with E-state index in [-0.39, 0.29) is 0 Å². The van der Waals surface area contributed by atoms with Crippen LogP contribution >= 0.6 is 15.9 Å². The topological polar surface area (TPSA) is 47.2 Å². The average molecular weight is 432 g/mol. The van der Waals surface area contributed by atoms with Gasteiger partial charge in [0.15, 0.2) is 0 Å². The van der Waals surface area contributed by atoms with Gasteiger partial charge >= 0.3 is 0 Å². The highest BCUT2D eigenvalue weighted by Gasteiger charge is 2.31. The first-order valence-corrected chi connectivity index (χ1v) is 11.0. The SMILES string of the molecule is CNCC(c1[nH]c(-c2ccccc2)nc1Br)N1CCN(C2CCCC2)CC1. The summed E-state index contributed by atoms with van der Waals surface area (Å²) < 4.78 is 0.930. The molecule has 0 radical (unpaired) electrons. The minimum atomic E-state index is 0.306. The lowest BCUT2D eigenvalue weighted by molar-refractivity contribution is 0.0689. The van der Waals surface area contributed by atoms with Crippen LogP contribution in [0.3, 0.4) is 0 Å². The maximum atomic E-state index is 4.75. The van der Waals surface area contributed by atoms with Gasteiger partial charge in [-0.3, -0.25) is 9.80 Å². The molecule has 1 unspecified atom stereocenters. The van der Waals surface area contributed by atoms with E-state index in [4.69, 9.17) is 4.98 Å². The number of halogens is 1. The highest BCUT2D eigenvalue weighted by molar-refractivity contribution is 9.10. The Bertz CT molecular complexity index is 717. The van der Waals surface area contributed by atoms with Crippen molar-refractivity contribution < 1.29 is 0 Å². The molecule has 4 rings (SSSR count). The molecule has 1 saturated carbocycles. The minimum absolute atomic E-state index is 0.306. The first-order chi connectivity index (χ1) is 13.3. The molecule has 2 aliphatic rings. The van der Waals surface area contributed by atoms with Crippen LogP contribution in [0, 0.1) is 0 Å². The number of H-pyrrole nitrogens is 1. The lowest BCUT2D eigenvalue weighted by Gasteiger charge is -2.41. The van der Waals surface area contributed by atoms with Crippen LogP contribution in [0.2, 0.25) is 0 Å². The van der Waals surface area contributed by atoms with Crippen molar-refractivity contribution in [1.29, 1.82) is 0 Å². The normalized spacial score (nSPS) is 21.0. The number of benzene rings is 1. The van der Waals surface area contributed by atoms with Gasteiger partial charge in [-0.2, -0.15) is 0 Å². The van der Waals surface area contributed by atoms with Crippen LogP contribution in [-0.4, -0.2) is 65.6 Å². The molecule has 1 aromatic heterocycles. The molecule has 1 saturated heterocycles. The van der Waals surface area contributed by atoms with Crippen molar-refractivity contribution in [3.05, 3.63) is 40.6 Å². The van der Waals surface area contributed by atoms with Gasteiger partial charge in [0.05, 0.1) is 11.7 Å². The van der Waals surface area contributed by atoms with Crippen molar-refractivity contribution in [2.75, 3.05) is 39.8 Å². The lowest BCUT2D eigenvalue weighted by Crippen LogP contribution is -2.51. The van der Waals surface area contributed by atoms with E-state index >= 15 is 0 Å². The molecule has 2 heterocycles. The van der Waals surface area contributed by atoms with Crippen molar-refractivity contribution in [3.8, 4) is 11.4 Å². The molecule has 2 fully saturated rings. The summed E-state index contributed by atoms with van der Waals surface area (Å²) in [6.07, 6.45) is 5.62. The van der Waals surface area contributed by atoms with E-state index in [2.05, 4.69) is 60.3 Å². The maximum Gasteiger partial charge on any atom is 0.138 e. The van der Waals surface area contributed by atoms with Crippen LogP contribution in [0.4, 0.5) is 0 Å². The second-order valence-corrected chi connectivity index (χ2v) is 8.49. The molecular formula is C21H30BrN5. The number of likely N-dealkylation sites (N-methyl/N-ethyl adjacent to an activating group) is 1. The van der Waals surface area contributed by atoms with Crippen LogP contribution in [0.15, 0.2) is 34.9 Å². The van der Waals surface area contributed by atoms with Crippen LogP contribution in [0.1, 0.15) is 37.4 Å². The monoisotopic (exact) mass is 431 g/mol. The largest absolute Gasteiger partial charge is 0.340 e. The molecule has 0 amide bonds. The Kier molecular flexibility index (Phi) is 6.28. The van der Waals surface area contributed by atoms with Gasteiger partial charge in [0.2, 0.25) is 0 Å². The van der Waals surface area contributed by atoms with Crippen LogP contribution in [-0.2, 0) is 0 Å². The lowest BCUT2D eigenvalue weighted by atomic mass is 10.1. The Morgan fingerprint density at radius 3 is 2.52 bits per heavy atom. The van der Waals surface area contributed by atoms with Gasteiger partial charge in [-0.05, 0) is 35.8 Å². The Hall–Kier alpha value is -1.21. The van der Waals surface area contributed by atoms with Crippen LogP contribution < -0.4 is 5.32 Å². The summed E-state index contributed by atoms with van der Waals surface area (Å²) in [6.45, 7) is 5.52. The Labute approximate surface area is 170 Å². The van der Waals surface area contributed by atoms with E-state index in [1.54, 1.807) is 0 Å². The third-order valence-corrected chi connectivity index (χ3v) is 6.70. The van der Waals surface area contributed by atoms with Gasteiger partial charge in [-0.15, -0.1) is 0 Å². The molecule has 1 atom stereocenters. The second-order valence-electron chi connectivity index (χ2n) is 7.74. The van der Waals surface area contributed by atoms with Crippen LogP contribution in [0.5, 0.6) is 0 Å². The van der Waals surface area contributed by atoms with Gasteiger partial charge in [0.25, 0.3) is 0 Å². The zero-order valence-corrected chi connectivity index (χ0v) is 17.7. The molecule has 0 bridgehead atoms. The quantitative estimate of drug-likeness (QED) is 0.732. The molecule has 1 aliphatic heterocycles. The molecular weight excluding hydrogens is 402 g/mol. The van der Waals surface area contributed by atoms with Gasteiger partial charge in [0, 0.05) is 44.3 Å². The van der Waals surface area contributed by atoms with Crippen molar-refractivity contribution in [1.82, 2.24) is 25.1 Å². The molecule has 5 nitrogen and oxygen atoms in total. The van der Waals surface area contributed by atoms with Crippen LogP contribution in [0.25, 0.3) is 11.4 Å². The predicted molar refractivity (Wildman–Crippen MR) is 114 cm³/mol. The number of nitrogens with zero attached hydrogens (tertiary/aromatic N) is 3. The fourth-order valence-corrected chi connectivity index (χ4v) is 5.15. The van der Waals surface area contributed by atoms with Crippen molar-refractivity contribution in [3.63, 3.8) is 0 Å². The van der Waals surface area contributed by atoms with Gasteiger partial charge < -0.3 is 10.3 Å². The number of aromatic amines is 1. The summed E-state index contributed by atoms with van der Waals surface area (Å²) in [6, 6.07) is 11.5. The molecule has 1 aromatic carbocycles. The third-order valence-electron chi connectivity index (χ3n) is 6.09. The first-order valence-electron chi connectivity index (χ1n) is 10.2. The first kappa shape index (κ1) is 19.1. The van der Waals surface area contributed by atoms with Gasteiger partial charge in [-0.25, -0.2) is 4.98 Å². The van der Waals surface area contributed by atoms with Gasteiger partial charge in [0.1, 0.15) is 10.4 Å². The molecule has 6 heteroatoms. The fraction of sp³-hybridized carbons (Fsp3) is 0.571. The number of rotatable bonds is 6. The molecule has 146 valence electrons. The smallest absolute Gasteiger partial charge is 0.138 e. The molecule has 0 spiro atoms. The summed E-state index contributed by atoms with van der Waals surface area (Å²) >= 11 is 3.71. The number of piperazine rings is 1. The summed E-state index contributed by atoms with van der Waals surface area (Å²) in [5.41, 5.74) is 2.30. The number of hydrogen-bond donors (Lipinski definition) is 2. The Balaban J connectivity index is 1.49. The van der Waals surface area contributed by atoms with Crippen molar-refractivity contribution >= 4 is 15.9 Å². The van der Waals surface area contributed by atoms with Crippen molar-refractivity contribution in [2.45, 2.75) is 37.8 Å². The van der Waals surface area contributed by atoms with E-state index in [1.807, 2.05) is 13.1 Å². The Morgan fingerprint density at radius 2 is 1.85 bits per heavy atom. The molecule has 1 aliphatic carbocycles. The summed E-state index contributed by atoms with van der Waals surface area (Å²) in [5.74, 6) is 0.933. The third kappa shape index (κ3) is 4.29. The van der Waals surface area contributed by atoms with E-state index in [1.165, 1.54) is 44.5 Å². The summed E-state index contributed by atoms with van der Waals surface area (Å²) in [5, 5.41) is 3.38. The zero-order valence-electron chi connectivity index (χ0n) is 16.1. The average Bonchev–Trinajstić information content (AvgIpc) is 3.37. The van der Waals surface area contributed by atoms with E-state index in [9.17, 15) is 0 Å².